The predicted octanol–water partition coefficient (Wildman–Crippen LogP) is 1.96. The van der Waals surface area contributed by atoms with Gasteiger partial charge < -0.3 is 14.8 Å². The van der Waals surface area contributed by atoms with Gasteiger partial charge in [-0.15, -0.1) is 0 Å². The lowest BCUT2D eigenvalue weighted by Gasteiger charge is -2.18. The smallest absolute Gasteiger partial charge is 0.409 e. The predicted molar refractivity (Wildman–Crippen MR) is 117 cm³/mol. The fourth-order valence-electron chi connectivity index (χ4n) is 3.39. The summed E-state index contributed by atoms with van der Waals surface area (Å²) in [5, 5.41) is 4.98. The Balaban J connectivity index is 1.46. The number of allylic oxidation sites excluding steroid dienone is 2. The van der Waals surface area contributed by atoms with Crippen molar-refractivity contribution in [3.8, 4) is 0 Å². The number of amides is 4. The van der Waals surface area contributed by atoms with Crippen molar-refractivity contribution in [2.24, 2.45) is 0 Å². The van der Waals surface area contributed by atoms with Gasteiger partial charge >= 0.3 is 6.09 Å². The summed E-state index contributed by atoms with van der Waals surface area (Å²) in [5.74, 6) is -0.650. The number of rotatable bonds is 11. The Morgan fingerprint density at radius 2 is 2.00 bits per heavy atom. The van der Waals surface area contributed by atoms with Gasteiger partial charge in [0.2, 0.25) is 17.7 Å². The van der Waals surface area contributed by atoms with Crippen molar-refractivity contribution >= 4 is 35.6 Å². The molecular weight excluding hydrogens is 422 g/mol. The Hall–Kier alpha value is -2.07. The number of hydrogen-bond donors (Lipinski definition) is 2. The molecule has 1 aliphatic heterocycles. The van der Waals surface area contributed by atoms with E-state index in [4.69, 9.17) is 9.47 Å². The average molecular weight is 456 g/mol. The molecule has 2 unspecified atom stereocenters. The second-order valence-electron chi connectivity index (χ2n) is 7.50. The number of imide groups is 1. The minimum atomic E-state index is -0.474. The molecule has 2 rings (SSSR count). The molecule has 0 bridgehead atoms. The normalized spacial score (nSPS) is 22.5. The largest absolute Gasteiger partial charge is 0.446 e. The Morgan fingerprint density at radius 3 is 2.77 bits per heavy atom. The highest BCUT2D eigenvalue weighted by Gasteiger charge is 2.37. The van der Waals surface area contributed by atoms with Crippen molar-refractivity contribution in [2.45, 2.75) is 62.7 Å². The molecule has 0 aromatic rings. The van der Waals surface area contributed by atoms with Gasteiger partial charge in [0.15, 0.2) is 0 Å². The first-order valence-electron chi connectivity index (χ1n) is 10.8. The van der Waals surface area contributed by atoms with E-state index in [2.05, 4.69) is 22.8 Å². The Kier molecular flexibility index (Phi) is 11.4. The van der Waals surface area contributed by atoms with Crippen LogP contribution in [0.1, 0.15) is 51.4 Å². The summed E-state index contributed by atoms with van der Waals surface area (Å²) in [7, 11) is 0. The first kappa shape index (κ1) is 25.2. The van der Waals surface area contributed by atoms with Gasteiger partial charge in [-0.3, -0.25) is 24.6 Å². The summed E-state index contributed by atoms with van der Waals surface area (Å²) < 4.78 is 10.7. The Bertz CT molecular complexity index is 657. The second-order valence-corrected chi connectivity index (χ2v) is 8.54. The lowest BCUT2D eigenvalue weighted by Crippen LogP contribution is -2.36. The molecule has 1 heterocycles. The van der Waals surface area contributed by atoms with Crippen LogP contribution in [0.4, 0.5) is 4.79 Å². The van der Waals surface area contributed by atoms with Crippen LogP contribution >= 0.6 is 11.8 Å². The molecule has 1 aliphatic carbocycles. The maximum absolute atomic E-state index is 12.0. The van der Waals surface area contributed by atoms with Crippen LogP contribution in [0.15, 0.2) is 12.2 Å². The van der Waals surface area contributed by atoms with E-state index in [0.717, 1.165) is 32.1 Å². The first-order valence-corrected chi connectivity index (χ1v) is 12.1. The van der Waals surface area contributed by atoms with Crippen molar-refractivity contribution in [3.05, 3.63) is 12.2 Å². The van der Waals surface area contributed by atoms with Crippen LogP contribution in [0.3, 0.4) is 0 Å². The molecule has 174 valence electrons. The number of hydrogen-bond acceptors (Lipinski definition) is 7. The average Bonchev–Trinajstić information content (AvgIpc) is 3.00. The molecule has 0 aromatic carbocycles. The molecule has 1 fully saturated rings. The third-order valence-electron chi connectivity index (χ3n) is 5.15. The zero-order valence-corrected chi connectivity index (χ0v) is 18.9. The standard InChI is InChI=1S/C21H33N3O6S/c1-31-17-14-19(26)24(20(17)27)12-10-18(25)22-11-7-13-29-15-23-21(28)30-16-8-5-3-2-4-6-9-16/h2-3,16-17H,4-15H2,1H3,(H,22,25)(H,23,28)/b3-2+. The fourth-order valence-corrected chi connectivity index (χ4v) is 4.03. The molecule has 2 aliphatic rings. The van der Waals surface area contributed by atoms with Crippen LogP contribution in [0.2, 0.25) is 0 Å². The number of carbonyl (C=O) groups excluding carboxylic acids is 4. The van der Waals surface area contributed by atoms with Crippen LogP contribution in [0.5, 0.6) is 0 Å². The number of thioether (sulfide) groups is 1. The molecule has 0 aromatic heterocycles. The van der Waals surface area contributed by atoms with Crippen molar-refractivity contribution < 1.29 is 28.7 Å². The lowest BCUT2D eigenvalue weighted by molar-refractivity contribution is -0.138. The van der Waals surface area contributed by atoms with Crippen LogP contribution in [0, 0.1) is 0 Å². The summed E-state index contributed by atoms with van der Waals surface area (Å²) in [6, 6.07) is 0. The van der Waals surface area contributed by atoms with Crippen LogP contribution in [-0.2, 0) is 23.9 Å². The molecule has 2 N–H and O–H groups in total. The van der Waals surface area contributed by atoms with Gasteiger partial charge in [0.1, 0.15) is 12.8 Å². The molecule has 31 heavy (non-hydrogen) atoms. The topological polar surface area (TPSA) is 114 Å². The third kappa shape index (κ3) is 9.30. The van der Waals surface area contributed by atoms with Gasteiger partial charge in [0, 0.05) is 25.9 Å². The maximum atomic E-state index is 12.0. The van der Waals surface area contributed by atoms with E-state index in [1.54, 1.807) is 6.26 Å². The molecular formula is C21H33N3O6S. The molecule has 1 saturated heterocycles. The molecule has 0 radical (unpaired) electrons. The van der Waals surface area contributed by atoms with Crippen LogP contribution in [0.25, 0.3) is 0 Å². The third-order valence-corrected chi connectivity index (χ3v) is 6.09. The van der Waals surface area contributed by atoms with E-state index >= 15 is 0 Å². The summed E-state index contributed by atoms with van der Waals surface area (Å²) in [6.07, 6.45) is 11.1. The zero-order valence-electron chi connectivity index (χ0n) is 18.1. The van der Waals surface area contributed by atoms with Gasteiger partial charge in [-0.1, -0.05) is 12.2 Å². The van der Waals surface area contributed by atoms with Gasteiger partial charge in [-0.25, -0.2) is 4.79 Å². The minimum absolute atomic E-state index is 0.0508. The molecule has 2 atom stereocenters. The fraction of sp³-hybridized carbons (Fsp3) is 0.714. The number of alkyl carbamates (subject to hydrolysis) is 1. The van der Waals surface area contributed by atoms with E-state index in [1.807, 2.05) is 0 Å². The second kappa shape index (κ2) is 14.1. The van der Waals surface area contributed by atoms with Crippen LogP contribution in [-0.4, -0.2) is 72.8 Å². The summed E-state index contributed by atoms with van der Waals surface area (Å²) in [6.45, 7) is 0.942. The van der Waals surface area contributed by atoms with Gasteiger partial charge in [-0.2, -0.15) is 11.8 Å². The lowest BCUT2D eigenvalue weighted by atomic mass is 10.0. The highest BCUT2D eigenvalue weighted by Crippen LogP contribution is 2.23. The molecule has 10 heteroatoms. The van der Waals surface area contributed by atoms with Crippen molar-refractivity contribution in [1.82, 2.24) is 15.5 Å². The Morgan fingerprint density at radius 1 is 1.19 bits per heavy atom. The molecule has 0 spiro atoms. The number of carbonyl (C=O) groups is 4. The van der Waals surface area contributed by atoms with Gasteiger partial charge in [0.25, 0.3) is 0 Å². The summed E-state index contributed by atoms with van der Waals surface area (Å²) in [4.78, 5) is 48.7. The maximum Gasteiger partial charge on any atom is 0.409 e. The first-order chi connectivity index (χ1) is 15.0. The van der Waals surface area contributed by atoms with E-state index in [0.29, 0.717) is 19.6 Å². The highest BCUT2D eigenvalue weighted by atomic mass is 32.2. The summed E-state index contributed by atoms with van der Waals surface area (Å²) in [5.41, 5.74) is 0. The van der Waals surface area contributed by atoms with E-state index in [1.165, 1.54) is 16.7 Å². The molecule has 0 saturated carbocycles. The van der Waals surface area contributed by atoms with Crippen molar-refractivity contribution in [2.75, 3.05) is 32.7 Å². The van der Waals surface area contributed by atoms with Crippen LogP contribution < -0.4 is 10.6 Å². The number of ether oxygens (including phenoxy) is 2. The Labute approximate surface area is 187 Å². The minimum Gasteiger partial charge on any atom is -0.446 e. The molecule has 4 amide bonds. The van der Waals surface area contributed by atoms with E-state index in [9.17, 15) is 19.2 Å². The van der Waals surface area contributed by atoms with E-state index < -0.39 is 6.09 Å². The SMILES string of the molecule is CSC1CC(=O)N(CCC(=O)NCCCOCNC(=O)OC2CC/C=C/CCC2)C1=O. The zero-order chi connectivity index (χ0) is 22.5. The quantitative estimate of drug-likeness (QED) is 0.212. The van der Waals surface area contributed by atoms with Gasteiger partial charge in [0.05, 0.1) is 11.9 Å². The molecule has 9 nitrogen and oxygen atoms in total. The van der Waals surface area contributed by atoms with E-state index in [-0.39, 0.29) is 55.2 Å². The van der Waals surface area contributed by atoms with Gasteiger partial charge in [-0.05, 0) is 44.8 Å². The highest BCUT2D eigenvalue weighted by molar-refractivity contribution is 8.00. The number of nitrogens with zero attached hydrogens (tertiary/aromatic N) is 1. The van der Waals surface area contributed by atoms with Crippen molar-refractivity contribution in [3.63, 3.8) is 0 Å². The number of likely N-dealkylation sites (tertiary alicyclic amines) is 1. The van der Waals surface area contributed by atoms with Crippen molar-refractivity contribution in [1.29, 1.82) is 0 Å². The number of nitrogens with one attached hydrogen (secondary N) is 2. The monoisotopic (exact) mass is 455 g/mol. The summed E-state index contributed by atoms with van der Waals surface area (Å²) >= 11 is 1.35.